The van der Waals surface area contributed by atoms with Gasteiger partial charge in [-0.25, -0.2) is 4.79 Å². The number of hydrogen-bond acceptors (Lipinski definition) is 4. The molecule has 0 saturated heterocycles. The molecule has 0 spiro atoms. The summed E-state index contributed by atoms with van der Waals surface area (Å²) in [6, 6.07) is 14.1. The summed E-state index contributed by atoms with van der Waals surface area (Å²) >= 11 is 0. The first kappa shape index (κ1) is 22.3. The molecule has 2 aliphatic rings. The molecule has 0 aliphatic heterocycles. The van der Waals surface area contributed by atoms with Crippen LogP contribution in [-0.4, -0.2) is 26.3 Å². The molecule has 2 aliphatic carbocycles. The van der Waals surface area contributed by atoms with Crippen molar-refractivity contribution in [3.8, 4) is 23.8 Å². The standard InChI is InChI=1S/C28H32O4/c1-4-20-9-8-16-28(19-20,22-11-7-10-21(17-22)27(29)31-3)23-14-15-25(30-2)26(18-23)32-24-12-5-6-13-24/h1,7,10-11,14-15,17-18,20,24H,5-6,8-9,12-13,16,19H2,2-3H3. The Kier molecular flexibility index (Phi) is 6.74. The third kappa shape index (κ3) is 4.35. The Morgan fingerprint density at radius 1 is 1.00 bits per heavy atom. The van der Waals surface area contributed by atoms with E-state index in [4.69, 9.17) is 20.6 Å². The van der Waals surface area contributed by atoms with Crippen molar-refractivity contribution in [1.82, 2.24) is 0 Å². The Labute approximate surface area is 191 Å². The highest BCUT2D eigenvalue weighted by atomic mass is 16.5. The van der Waals surface area contributed by atoms with Crippen molar-refractivity contribution in [3.05, 3.63) is 59.2 Å². The van der Waals surface area contributed by atoms with Gasteiger partial charge in [-0.2, -0.15) is 0 Å². The zero-order valence-electron chi connectivity index (χ0n) is 19.1. The average molecular weight is 433 g/mol. The van der Waals surface area contributed by atoms with Crippen molar-refractivity contribution in [2.24, 2.45) is 5.92 Å². The molecule has 4 rings (SSSR count). The van der Waals surface area contributed by atoms with E-state index < -0.39 is 0 Å². The number of benzene rings is 2. The molecule has 0 aromatic heterocycles. The molecule has 0 amide bonds. The van der Waals surface area contributed by atoms with Crippen LogP contribution in [0.4, 0.5) is 0 Å². The van der Waals surface area contributed by atoms with Crippen LogP contribution in [-0.2, 0) is 10.2 Å². The molecule has 4 nitrogen and oxygen atoms in total. The molecular weight excluding hydrogens is 400 g/mol. The number of ether oxygens (including phenoxy) is 3. The van der Waals surface area contributed by atoms with Crippen molar-refractivity contribution < 1.29 is 19.0 Å². The third-order valence-electron chi connectivity index (χ3n) is 7.14. The monoisotopic (exact) mass is 432 g/mol. The van der Waals surface area contributed by atoms with Crippen molar-refractivity contribution >= 4 is 5.97 Å². The first-order valence-electron chi connectivity index (χ1n) is 11.6. The van der Waals surface area contributed by atoms with Gasteiger partial charge in [-0.1, -0.05) is 24.6 Å². The summed E-state index contributed by atoms with van der Waals surface area (Å²) in [5.74, 6) is 4.40. The molecule has 2 aromatic carbocycles. The van der Waals surface area contributed by atoms with E-state index in [0.29, 0.717) is 5.56 Å². The minimum atomic E-state index is -0.328. The van der Waals surface area contributed by atoms with Crippen molar-refractivity contribution in [3.63, 3.8) is 0 Å². The van der Waals surface area contributed by atoms with Crippen LogP contribution in [0.15, 0.2) is 42.5 Å². The predicted molar refractivity (Wildman–Crippen MR) is 125 cm³/mol. The van der Waals surface area contributed by atoms with Crippen LogP contribution >= 0.6 is 0 Å². The number of terminal acetylenes is 1. The van der Waals surface area contributed by atoms with E-state index in [2.05, 4.69) is 24.1 Å². The van der Waals surface area contributed by atoms with E-state index in [1.165, 1.54) is 20.0 Å². The maximum atomic E-state index is 12.2. The summed E-state index contributed by atoms with van der Waals surface area (Å²) < 4.78 is 17.0. The van der Waals surface area contributed by atoms with Crippen LogP contribution in [0.5, 0.6) is 11.5 Å². The second-order valence-electron chi connectivity index (χ2n) is 9.00. The lowest BCUT2D eigenvalue weighted by Crippen LogP contribution is -2.34. The topological polar surface area (TPSA) is 44.8 Å². The first-order chi connectivity index (χ1) is 15.6. The molecule has 4 heteroatoms. The lowest BCUT2D eigenvalue weighted by molar-refractivity contribution is 0.0600. The molecule has 0 heterocycles. The Morgan fingerprint density at radius 3 is 2.50 bits per heavy atom. The van der Waals surface area contributed by atoms with Crippen LogP contribution < -0.4 is 9.47 Å². The number of carbonyl (C=O) groups is 1. The molecule has 0 bridgehead atoms. The van der Waals surface area contributed by atoms with Crippen molar-refractivity contribution in [2.45, 2.75) is 62.9 Å². The van der Waals surface area contributed by atoms with E-state index >= 15 is 0 Å². The van der Waals surface area contributed by atoms with E-state index in [-0.39, 0.29) is 23.4 Å². The predicted octanol–water partition coefficient (Wildman–Crippen LogP) is 5.91. The fourth-order valence-electron chi connectivity index (χ4n) is 5.42. The smallest absolute Gasteiger partial charge is 0.337 e. The van der Waals surface area contributed by atoms with Gasteiger partial charge in [-0.3, -0.25) is 0 Å². The van der Waals surface area contributed by atoms with E-state index in [1.807, 2.05) is 18.2 Å². The molecule has 2 unspecified atom stereocenters. The number of methoxy groups -OCH3 is 2. The van der Waals surface area contributed by atoms with Gasteiger partial charge in [0.2, 0.25) is 0 Å². The summed E-state index contributed by atoms with van der Waals surface area (Å²) in [6.45, 7) is 0. The summed E-state index contributed by atoms with van der Waals surface area (Å²) in [5.41, 5.74) is 2.52. The van der Waals surface area contributed by atoms with Gasteiger partial charge in [0.25, 0.3) is 0 Å². The molecular formula is C28H32O4. The highest BCUT2D eigenvalue weighted by molar-refractivity contribution is 5.89. The Hall–Kier alpha value is -2.93. The summed E-state index contributed by atoms with van der Waals surface area (Å²) in [4.78, 5) is 12.2. The van der Waals surface area contributed by atoms with Crippen LogP contribution in [0.3, 0.4) is 0 Å². The van der Waals surface area contributed by atoms with Gasteiger partial charge < -0.3 is 14.2 Å². The fourth-order valence-corrected chi connectivity index (χ4v) is 5.42. The summed E-state index contributed by atoms with van der Waals surface area (Å²) in [7, 11) is 3.09. The normalized spacial score (nSPS) is 23.3. The Morgan fingerprint density at radius 2 is 1.78 bits per heavy atom. The molecule has 2 aromatic rings. The zero-order valence-corrected chi connectivity index (χ0v) is 19.1. The van der Waals surface area contributed by atoms with Gasteiger partial charge in [-0.15, -0.1) is 12.3 Å². The second kappa shape index (κ2) is 9.69. The molecule has 0 N–H and O–H groups in total. The molecule has 168 valence electrons. The lowest BCUT2D eigenvalue weighted by atomic mass is 9.62. The maximum absolute atomic E-state index is 12.2. The highest BCUT2D eigenvalue weighted by Crippen LogP contribution is 2.49. The molecule has 2 atom stereocenters. The van der Waals surface area contributed by atoms with Gasteiger partial charge in [0.1, 0.15) is 0 Å². The van der Waals surface area contributed by atoms with E-state index in [1.54, 1.807) is 13.2 Å². The lowest BCUT2D eigenvalue weighted by Gasteiger charge is -2.41. The van der Waals surface area contributed by atoms with Gasteiger partial charge in [-0.05, 0) is 80.3 Å². The van der Waals surface area contributed by atoms with Crippen molar-refractivity contribution in [2.75, 3.05) is 14.2 Å². The van der Waals surface area contributed by atoms with E-state index in [0.717, 1.165) is 61.2 Å². The molecule has 2 fully saturated rings. The Balaban J connectivity index is 1.81. The first-order valence-corrected chi connectivity index (χ1v) is 11.6. The zero-order chi connectivity index (χ0) is 22.6. The quantitative estimate of drug-likeness (QED) is 0.420. The van der Waals surface area contributed by atoms with Gasteiger partial charge in [0.05, 0.1) is 25.9 Å². The summed E-state index contributed by atoms with van der Waals surface area (Å²) in [6.07, 6.45) is 14.6. The average Bonchev–Trinajstić information content (AvgIpc) is 3.36. The van der Waals surface area contributed by atoms with Crippen LogP contribution in [0, 0.1) is 18.3 Å². The Bertz CT molecular complexity index is 999. The molecule has 0 radical (unpaired) electrons. The third-order valence-corrected chi connectivity index (χ3v) is 7.14. The van der Waals surface area contributed by atoms with Crippen molar-refractivity contribution in [1.29, 1.82) is 0 Å². The van der Waals surface area contributed by atoms with Crippen LogP contribution in [0.1, 0.15) is 72.9 Å². The number of esters is 1. The highest BCUT2D eigenvalue weighted by Gasteiger charge is 2.40. The SMILES string of the molecule is C#CC1CCCC(c2cccc(C(=O)OC)c2)(c2ccc(OC)c(OC3CCCC3)c2)C1. The van der Waals surface area contributed by atoms with E-state index in [9.17, 15) is 4.79 Å². The minimum absolute atomic E-state index is 0.187. The number of hydrogen-bond donors (Lipinski definition) is 0. The summed E-state index contributed by atoms with van der Waals surface area (Å²) in [5, 5.41) is 0. The molecule has 32 heavy (non-hydrogen) atoms. The fraction of sp³-hybridized carbons (Fsp3) is 0.464. The largest absolute Gasteiger partial charge is 0.493 e. The molecule has 2 saturated carbocycles. The van der Waals surface area contributed by atoms with Gasteiger partial charge in [0.15, 0.2) is 11.5 Å². The number of carbonyl (C=O) groups excluding carboxylic acids is 1. The van der Waals surface area contributed by atoms with Crippen LogP contribution in [0.25, 0.3) is 0 Å². The van der Waals surface area contributed by atoms with Gasteiger partial charge in [0, 0.05) is 11.3 Å². The second-order valence-corrected chi connectivity index (χ2v) is 9.00. The van der Waals surface area contributed by atoms with Crippen LogP contribution in [0.2, 0.25) is 0 Å². The maximum Gasteiger partial charge on any atom is 0.337 e. The van der Waals surface area contributed by atoms with Gasteiger partial charge >= 0.3 is 5.97 Å². The minimum Gasteiger partial charge on any atom is -0.493 e. The number of rotatable bonds is 6.